The predicted molar refractivity (Wildman–Crippen MR) is 196 cm³/mol. The van der Waals surface area contributed by atoms with Crippen LogP contribution in [0.5, 0.6) is 11.5 Å². The molecule has 0 saturated heterocycles. The number of rotatable bonds is 17. The van der Waals surface area contributed by atoms with E-state index in [1.165, 1.54) is 16.7 Å². The Bertz CT molecular complexity index is 1770. The van der Waals surface area contributed by atoms with Gasteiger partial charge in [-0.05, 0) is 98.3 Å². The van der Waals surface area contributed by atoms with Crippen molar-refractivity contribution in [3.05, 3.63) is 114 Å². The summed E-state index contributed by atoms with van der Waals surface area (Å²) in [6.45, 7) is 5.69. The lowest BCUT2D eigenvalue weighted by atomic mass is 10.0. The Morgan fingerprint density at radius 3 is 2.14 bits per heavy atom. The molecule has 4 aromatic carbocycles. The van der Waals surface area contributed by atoms with Gasteiger partial charge >= 0.3 is 0 Å². The Hall–Kier alpha value is -4.48. The van der Waals surface area contributed by atoms with Crippen LogP contribution in [-0.2, 0) is 32.6 Å². The summed E-state index contributed by atoms with van der Waals surface area (Å²) in [5, 5.41) is 3.06. The summed E-state index contributed by atoms with van der Waals surface area (Å²) in [4.78, 5) is 31.2. The zero-order valence-electron chi connectivity index (χ0n) is 28.7. The number of anilines is 1. The minimum Gasteiger partial charge on any atom is -0.497 e. The van der Waals surface area contributed by atoms with Crippen LogP contribution in [0.1, 0.15) is 38.3 Å². The molecule has 2 atom stereocenters. The second-order valence-electron chi connectivity index (χ2n) is 11.5. The van der Waals surface area contributed by atoms with Crippen molar-refractivity contribution >= 4 is 39.3 Å². The molecule has 4 rings (SSSR count). The maximum Gasteiger partial charge on any atom is 0.264 e. The van der Waals surface area contributed by atoms with Crippen molar-refractivity contribution in [3.63, 3.8) is 0 Å². The lowest BCUT2D eigenvalue weighted by Gasteiger charge is -2.34. The van der Waals surface area contributed by atoms with Gasteiger partial charge in [0.1, 0.15) is 24.1 Å². The smallest absolute Gasteiger partial charge is 0.264 e. The Kier molecular flexibility index (Phi) is 13.6. The van der Waals surface area contributed by atoms with E-state index in [1.807, 2.05) is 69.5 Å². The third-order valence-electron chi connectivity index (χ3n) is 8.12. The van der Waals surface area contributed by atoms with Gasteiger partial charge in [0.25, 0.3) is 10.0 Å². The summed E-state index contributed by atoms with van der Waals surface area (Å²) >= 11 is 1.50. The number of carbonyl (C=O) groups is 2. The minimum absolute atomic E-state index is 0.0427. The monoisotopic (exact) mass is 703 g/mol. The number of nitrogens with zero attached hydrogens (tertiary/aromatic N) is 2. The number of nitrogens with one attached hydrogen (secondary N) is 1. The number of benzene rings is 4. The van der Waals surface area contributed by atoms with Crippen LogP contribution in [0.25, 0.3) is 0 Å². The van der Waals surface area contributed by atoms with Gasteiger partial charge in [-0.3, -0.25) is 13.9 Å². The van der Waals surface area contributed by atoms with Gasteiger partial charge in [-0.1, -0.05) is 49.4 Å². The predicted octanol–water partition coefficient (Wildman–Crippen LogP) is 6.57. The highest BCUT2D eigenvalue weighted by Crippen LogP contribution is 2.28. The van der Waals surface area contributed by atoms with Crippen molar-refractivity contribution in [1.82, 2.24) is 10.2 Å². The summed E-state index contributed by atoms with van der Waals surface area (Å²) < 4.78 is 40.8. The zero-order chi connectivity index (χ0) is 35.4. The Morgan fingerprint density at radius 1 is 0.857 bits per heavy atom. The van der Waals surface area contributed by atoms with Gasteiger partial charge in [0.05, 0.1) is 24.3 Å². The molecule has 0 unspecified atom stereocenters. The Labute approximate surface area is 294 Å². The van der Waals surface area contributed by atoms with Crippen LogP contribution in [-0.4, -0.2) is 63.7 Å². The van der Waals surface area contributed by atoms with E-state index in [2.05, 4.69) is 5.32 Å². The Morgan fingerprint density at radius 2 is 1.53 bits per heavy atom. The molecule has 9 nitrogen and oxygen atoms in total. The van der Waals surface area contributed by atoms with Gasteiger partial charge in [-0.25, -0.2) is 8.42 Å². The molecule has 0 radical (unpaired) electrons. The molecular formula is C38H45N3O6S2. The molecule has 0 spiro atoms. The summed E-state index contributed by atoms with van der Waals surface area (Å²) in [6, 6.07) is 28.8. The molecular weight excluding hydrogens is 659 g/mol. The van der Waals surface area contributed by atoms with E-state index in [1.54, 1.807) is 67.8 Å². The maximum absolute atomic E-state index is 14.7. The zero-order valence-corrected chi connectivity index (χ0v) is 30.3. The highest BCUT2D eigenvalue weighted by atomic mass is 32.2. The molecule has 4 aromatic rings. The molecule has 49 heavy (non-hydrogen) atoms. The fourth-order valence-electron chi connectivity index (χ4n) is 5.24. The van der Waals surface area contributed by atoms with E-state index in [9.17, 15) is 18.0 Å². The first-order valence-corrected chi connectivity index (χ1v) is 18.9. The first kappa shape index (κ1) is 37.3. The van der Waals surface area contributed by atoms with E-state index in [-0.39, 0.29) is 35.5 Å². The molecule has 11 heteroatoms. The number of amides is 2. The number of hydrogen-bond donors (Lipinski definition) is 1. The van der Waals surface area contributed by atoms with Crippen molar-refractivity contribution in [3.8, 4) is 11.5 Å². The first-order chi connectivity index (χ1) is 23.6. The second kappa shape index (κ2) is 17.8. The van der Waals surface area contributed by atoms with Gasteiger partial charge in [0.2, 0.25) is 11.8 Å². The average Bonchev–Trinajstić information content (AvgIpc) is 3.12. The van der Waals surface area contributed by atoms with Crippen molar-refractivity contribution < 1.29 is 27.5 Å². The fraction of sp³-hybridized carbons (Fsp3) is 0.316. The molecule has 0 saturated carbocycles. The van der Waals surface area contributed by atoms with Crippen LogP contribution < -0.4 is 19.1 Å². The standard InChI is InChI=1S/C38H45N3O6S2/c1-6-28(3)39-38(43)36(25-29-12-9-8-10-13-29)40(26-30-14-11-15-33(24-30)46-4)37(42)27-41(31-16-18-32(19-17-31)47-7-2)49(44,45)35-22-20-34(48-5)21-23-35/h8-24,28,36H,6-7,25-27H2,1-5H3,(H,39,43)/t28-,36-/m0/s1. The first-order valence-electron chi connectivity index (χ1n) is 16.3. The quantitative estimate of drug-likeness (QED) is 0.124. The fourth-order valence-corrected chi connectivity index (χ4v) is 7.06. The molecule has 0 aliphatic rings. The average molecular weight is 704 g/mol. The summed E-state index contributed by atoms with van der Waals surface area (Å²) in [6.07, 6.45) is 2.84. The van der Waals surface area contributed by atoms with E-state index in [0.717, 1.165) is 20.3 Å². The molecule has 0 aliphatic carbocycles. The molecule has 2 amide bonds. The van der Waals surface area contributed by atoms with Crippen LogP contribution in [0.15, 0.2) is 113 Å². The molecule has 1 N–H and O–H groups in total. The number of thioether (sulfide) groups is 1. The Balaban J connectivity index is 1.82. The summed E-state index contributed by atoms with van der Waals surface area (Å²) in [5.41, 5.74) is 1.88. The lowest BCUT2D eigenvalue weighted by molar-refractivity contribution is -0.140. The van der Waals surface area contributed by atoms with E-state index in [0.29, 0.717) is 24.5 Å². The SMILES string of the molecule is CCOc1ccc(N(CC(=O)N(Cc2cccc(OC)c2)[C@@H](Cc2ccccc2)C(=O)N[C@@H](C)CC)S(=O)(=O)c2ccc(SC)cc2)cc1. The third-order valence-corrected chi connectivity index (χ3v) is 10.7. The van der Waals surface area contributed by atoms with Gasteiger partial charge in [0.15, 0.2) is 0 Å². The highest BCUT2D eigenvalue weighted by molar-refractivity contribution is 7.98. The van der Waals surface area contributed by atoms with Gasteiger partial charge < -0.3 is 19.7 Å². The maximum atomic E-state index is 14.7. The van der Waals surface area contributed by atoms with Crippen molar-refractivity contribution in [2.24, 2.45) is 0 Å². The molecule has 0 heterocycles. The number of methoxy groups -OCH3 is 1. The summed E-state index contributed by atoms with van der Waals surface area (Å²) in [5.74, 6) is 0.309. The molecule has 0 fully saturated rings. The highest BCUT2D eigenvalue weighted by Gasteiger charge is 2.35. The number of carbonyl (C=O) groups excluding carboxylic acids is 2. The number of hydrogen-bond acceptors (Lipinski definition) is 7. The second-order valence-corrected chi connectivity index (χ2v) is 14.3. The van der Waals surface area contributed by atoms with Gasteiger partial charge in [-0.15, -0.1) is 11.8 Å². The van der Waals surface area contributed by atoms with E-state index >= 15 is 0 Å². The van der Waals surface area contributed by atoms with Crippen molar-refractivity contribution in [2.75, 3.05) is 30.8 Å². The van der Waals surface area contributed by atoms with Crippen LogP contribution in [0.4, 0.5) is 5.69 Å². The molecule has 260 valence electrons. The van der Waals surface area contributed by atoms with Crippen LogP contribution in [0, 0.1) is 0 Å². The normalized spacial score (nSPS) is 12.4. The molecule has 0 aliphatic heterocycles. The van der Waals surface area contributed by atoms with Crippen molar-refractivity contribution in [1.29, 1.82) is 0 Å². The topological polar surface area (TPSA) is 105 Å². The molecule has 0 aromatic heterocycles. The van der Waals surface area contributed by atoms with Crippen LogP contribution in [0.3, 0.4) is 0 Å². The lowest BCUT2D eigenvalue weighted by Crippen LogP contribution is -2.54. The minimum atomic E-state index is -4.23. The number of ether oxygens (including phenoxy) is 2. The largest absolute Gasteiger partial charge is 0.497 e. The van der Waals surface area contributed by atoms with E-state index < -0.39 is 28.5 Å². The number of sulfonamides is 1. The third kappa shape index (κ3) is 10.0. The van der Waals surface area contributed by atoms with Crippen LogP contribution >= 0.6 is 11.8 Å². The van der Waals surface area contributed by atoms with E-state index in [4.69, 9.17) is 9.47 Å². The van der Waals surface area contributed by atoms with Crippen molar-refractivity contribution in [2.45, 2.75) is 62.0 Å². The van der Waals surface area contributed by atoms with Gasteiger partial charge in [-0.2, -0.15) is 0 Å². The van der Waals surface area contributed by atoms with Gasteiger partial charge in [0, 0.05) is 23.9 Å². The van der Waals surface area contributed by atoms with Crippen LogP contribution in [0.2, 0.25) is 0 Å². The summed E-state index contributed by atoms with van der Waals surface area (Å²) in [7, 11) is -2.67. The molecule has 0 bridgehead atoms.